The van der Waals surface area contributed by atoms with Gasteiger partial charge in [-0.25, -0.2) is 0 Å². The number of fused-ring (bicyclic) bond motifs is 1. The summed E-state index contributed by atoms with van der Waals surface area (Å²) in [6.45, 7) is -2.56. The number of nitrogens with zero attached hydrogens (tertiary/aromatic N) is 2. The number of alkyl halides is 3. The van der Waals surface area contributed by atoms with E-state index >= 15 is 0 Å². The zero-order valence-electron chi connectivity index (χ0n) is 15.4. The van der Waals surface area contributed by atoms with E-state index in [-0.39, 0.29) is 33.6 Å². The average Bonchev–Trinajstić information content (AvgIpc) is 2.68. The van der Waals surface area contributed by atoms with Gasteiger partial charge in [0.25, 0.3) is 11.6 Å². The molecule has 1 heterocycles. The van der Waals surface area contributed by atoms with Gasteiger partial charge in [-0.1, -0.05) is 11.6 Å². The second-order valence-corrected chi connectivity index (χ2v) is 6.71. The molecule has 0 saturated carbocycles. The Bertz CT molecular complexity index is 1050. The van der Waals surface area contributed by atoms with Crippen LogP contribution in [-0.4, -0.2) is 42.7 Å². The van der Waals surface area contributed by atoms with E-state index in [1.807, 2.05) is 0 Å². The van der Waals surface area contributed by atoms with Gasteiger partial charge in [0.15, 0.2) is 13.2 Å². The zero-order valence-corrected chi connectivity index (χ0v) is 16.2. The van der Waals surface area contributed by atoms with Gasteiger partial charge in [-0.05, 0) is 24.3 Å². The fourth-order valence-corrected chi connectivity index (χ4v) is 2.87. The van der Waals surface area contributed by atoms with E-state index in [4.69, 9.17) is 21.1 Å². The van der Waals surface area contributed by atoms with E-state index in [1.54, 1.807) is 0 Å². The Morgan fingerprint density at radius 2 is 2.03 bits per heavy atom. The number of ether oxygens (including phenoxy) is 2. The van der Waals surface area contributed by atoms with Crippen LogP contribution in [0.1, 0.15) is 0 Å². The Morgan fingerprint density at radius 1 is 1.29 bits per heavy atom. The molecule has 1 N–H and O–H groups in total. The van der Waals surface area contributed by atoms with Crippen LogP contribution in [0.3, 0.4) is 0 Å². The van der Waals surface area contributed by atoms with Crippen molar-refractivity contribution < 1.29 is 37.2 Å². The van der Waals surface area contributed by atoms with Crippen molar-refractivity contribution in [2.45, 2.75) is 6.18 Å². The van der Waals surface area contributed by atoms with Crippen molar-refractivity contribution in [2.24, 2.45) is 0 Å². The molecule has 31 heavy (non-hydrogen) atoms. The fourth-order valence-electron chi connectivity index (χ4n) is 2.70. The highest BCUT2D eigenvalue weighted by atomic mass is 35.5. The molecule has 3 rings (SSSR count). The molecule has 2 amide bonds. The van der Waals surface area contributed by atoms with Crippen LogP contribution in [0.25, 0.3) is 0 Å². The molecular formula is C18H13ClF3N3O6. The Hall–Kier alpha value is -3.54. The number of nitro benzene ring substituents is 1. The predicted molar refractivity (Wildman–Crippen MR) is 103 cm³/mol. The lowest BCUT2D eigenvalue weighted by Gasteiger charge is -2.28. The summed E-state index contributed by atoms with van der Waals surface area (Å²) in [4.78, 5) is 36.1. The highest BCUT2D eigenvalue weighted by Crippen LogP contribution is 2.35. The summed E-state index contributed by atoms with van der Waals surface area (Å²) >= 11 is 5.85. The lowest BCUT2D eigenvalue weighted by atomic mass is 10.2. The number of halogens is 4. The molecule has 0 aromatic heterocycles. The maximum Gasteiger partial charge on any atom is 0.422 e. The molecule has 0 bridgehead atoms. The lowest BCUT2D eigenvalue weighted by Crippen LogP contribution is -2.43. The van der Waals surface area contributed by atoms with Gasteiger partial charge in [0, 0.05) is 17.2 Å². The third kappa shape index (κ3) is 5.54. The smallest absolute Gasteiger partial charge is 0.422 e. The van der Waals surface area contributed by atoms with Crippen molar-refractivity contribution in [3.8, 4) is 11.5 Å². The topological polar surface area (TPSA) is 111 Å². The number of rotatable bonds is 6. The van der Waals surface area contributed by atoms with Gasteiger partial charge < -0.3 is 14.8 Å². The van der Waals surface area contributed by atoms with Gasteiger partial charge in [-0.3, -0.25) is 24.6 Å². The molecule has 1 aliphatic rings. The summed E-state index contributed by atoms with van der Waals surface area (Å²) in [7, 11) is 0. The summed E-state index contributed by atoms with van der Waals surface area (Å²) in [6.07, 6.45) is -4.60. The molecule has 1 aliphatic heterocycles. The molecule has 164 valence electrons. The molecule has 2 aromatic rings. The maximum atomic E-state index is 12.5. The molecule has 0 fully saturated rings. The van der Waals surface area contributed by atoms with Crippen LogP contribution in [-0.2, 0) is 9.59 Å². The van der Waals surface area contributed by atoms with Crippen LogP contribution < -0.4 is 19.7 Å². The van der Waals surface area contributed by atoms with Crippen molar-refractivity contribution >= 4 is 40.5 Å². The fraction of sp³-hybridized carbons (Fsp3) is 0.222. The Labute approximate surface area is 177 Å². The molecule has 0 aliphatic carbocycles. The second-order valence-electron chi connectivity index (χ2n) is 6.27. The average molecular weight is 460 g/mol. The first-order chi connectivity index (χ1) is 14.5. The van der Waals surface area contributed by atoms with Crippen LogP contribution >= 0.6 is 11.6 Å². The van der Waals surface area contributed by atoms with Crippen molar-refractivity contribution in [3.05, 3.63) is 51.5 Å². The summed E-state index contributed by atoms with van der Waals surface area (Å²) in [6, 6.07) is 7.18. The van der Waals surface area contributed by atoms with Crippen LogP contribution in [0, 0.1) is 10.1 Å². The van der Waals surface area contributed by atoms with E-state index in [9.17, 15) is 32.9 Å². The zero-order chi connectivity index (χ0) is 22.8. The van der Waals surface area contributed by atoms with Gasteiger partial charge in [-0.2, -0.15) is 13.2 Å². The molecule has 0 spiro atoms. The van der Waals surface area contributed by atoms with Crippen molar-refractivity contribution in [1.82, 2.24) is 0 Å². The monoisotopic (exact) mass is 459 g/mol. The third-order valence-electron chi connectivity index (χ3n) is 4.01. The largest absolute Gasteiger partial charge is 0.482 e. The van der Waals surface area contributed by atoms with Gasteiger partial charge >= 0.3 is 6.18 Å². The number of hydrogen-bond donors (Lipinski definition) is 1. The van der Waals surface area contributed by atoms with Crippen LogP contribution in [0.15, 0.2) is 36.4 Å². The van der Waals surface area contributed by atoms with Crippen LogP contribution in [0.5, 0.6) is 11.5 Å². The normalized spacial score (nSPS) is 13.3. The quantitative estimate of drug-likeness (QED) is 0.522. The molecule has 0 saturated heterocycles. The summed E-state index contributed by atoms with van der Waals surface area (Å²) in [5, 5.41) is 13.5. The molecular weight excluding hydrogens is 447 g/mol. The standard InChI is InChI=1S/C18H13ClF3N3O6/c19-10-1-3-14(31-9-18(20,21)22)12(5-10)23-16(26)7-24-13-6-11(25(28)29)2-4-15(13)30-8-17(24)27/h1-6H,7-9H2,(H,23,26). The molecule has 0 atom stereocenters. The molecule has 0 unspecified atom stereocenters. The second kappa shape index (κ2) is 8.68. The van der Waals surface area contributed by atoms with Crippen molar-refractivity contribution in [1.29, 1.82) is 0 Å². The van der Waals surface area contributed by atoms with E-state index in [0.29, 0.717) is 0 Å². The van der Waals surface area contributed by atoms with Gasteiger partial charge in [0.1, 0.15) is 18.0 Å². The maximum absolute atomic E-state index is 12.5. The summed E-state index contributed by atoms with van der Waals surface area (Å²) in [5.41, 5.74) is -0.443. The van der Waals surface area contributed by atoms with Crippen molar-refractivity contribution in [3.63, 3.8) is 0 Å². The van der Waals surface area contributed by atoms with Crippen molar-refractivity contribution in [2.75, 3.05) is 30.0 Å². The van der Waals surface area contributed by atoms with Crippen LogP contribution in [0.2, 0.25) is 5.02 Å². The van der Waals surface area contributed by atoms with E-state index < -0.39 is 42.7 Å². The Kier molecular flexibility index (Phi) is 6.20. The molecule has 13 heteroatoms. The Morgan fingerprint density at radius 3 is 2.71 bits per heavy atom. The molecule has 0 radical (unpaired) electrons. The van der Waals surface area contributed by atoms with E-state index in [2.05, 4.69) is 5.32 Å². The van der Waals surface area contributed by atoms with E-state index in [0.717, 1.165) is 17.0 Å². The minimum absolute atomic E-state index is 0.0141. The van der Waals surface area contributed by atoms with Gasteiger partial charge in [-0.15, -0.1) is 0 Å². The van der Waals surface area contributed by atoms with Gasteiger partial charge in [0.2, 0.25) is 5.91 Å². The minimum atomic E-state index is -4.60. The SMILES string of the molecule is O=C(CN1C(=O)COc2ccc([N+](=O)[O-])cc21)Nc1cc(Cl)ccc1OCC(F)(F)F. The number of non-ortho nitro benzene ring substituents is 1. The number of carbonyl (C=O) groups excluding carboxylic acids is 2. The first-order valence-electron chi connectivity index (χ1n) is 8.54. The number of amides is 2. The number of benzene rings is 2. The van der Waals surface area contributed by atoms with E-state index in [1.165, 1.54) is 24.3 Å². The molecule has 9 nitrogen and oxygen atoms in total. The third-order valence-corrected chi connectivity index (χ3v) is 4.24. The predicted octanol–water partition coefficient (Wildman–Crippen LogP) is 3.55. The van der Waals surface area contributed by atoms with Crippen LogP contribution in [0.4, 0.5) is 30.2 Å². The summed E-state index contributed by atoms with van der Waals surface area (Å²) < 4.78 is 47.3. The molecule has 2 aromatic carbocycles. The number of anilines is 2. The number of hydrogen-bond acceptors (Lipinski definition) is 6. The Balaban J connectivity index is 1.80. The first-order valence-corrected chi connectivity index (χ1v) is 8.92. The number of nitrogens with one attached hydrogen (secondary N) is 1. The number of nitro groups is 1. The minimum Gasteiger partial charge on any atom is -0.482 e. The first kappa shape index (κ1) is 22.2. The summed E-state index contributed by atoms with van der Waals surface area (Å²) in [5.74, 6) is -1.55. The highest BCUT2D eigenvalue weighted by molar-refractivity contribution is 6.31. The highest BCUT2D eigenvalue weighted by Gasteiger charge is 2.31. The number of carbonyl (C=O) groups is 2. The lowest BCUT2D eigenvalue weighted by molar-refractivity contribution is -0.384. The van der Waals surface area contributed by atoms with Gasteiger partial charge in [0.05, 0.1) is 16.3 Å².